The largest absolute Gasteiger partial charge is 0.463 e. The molecule has 1 aromatic rings. The Balaban J connectivity index is 2.04. The van der Waals surface area contributed by atoms with Crippen molar-refractivity contribution >= 4 is 5.97 Å². The minimum absolute atomic E-state index is 0.244. The molecule has 2 heterocycles. The van der Waals surface area contributed by atoms with Gasteiger partial charge in [-0.2, -0.15) is 0 Å². The number of hydrogen-bond donors (Lipinski definition) is 1. The van der Waals surface area contributed by atoms with Crippen molar-refractivity contribution in [3.63, 3.8) is 0 Å². The van der Waals surface area contributed by atoms with Crippen molar-refractivity contribution in [1.29, 1.82) is 0 Å². The summed E-state index contributed by atoms with van der Waals surface area (Å²) in [6, 6.07) is 2.05. The summed E-state index contributed by atoms with van der Waals surface area (Å²) in [7, 11) is 1.35. The van der Waals surface area contributed by atoms with Gasteiger partial charge in [0.2, 0.25) is 5.76 Å². The van der Waals surface area contributed by atoms with Crippen molar-refractivity contribution in [1.82, 2.24) is 4.90 Å². The second-order valence-electron chi connectivity index (χ2n) is 4.05. The Labute approximate surface area is 94.1 Å². The van der Waals surface area contributed by atoms with Crippen LogP contribution in [0.3, 0.4) is 0 Å². The van der Waals surface area contributed by atoms with Crippen LogP contribution in [0.2, 0.25) is 0 Å². The van der Waals surface area contributed by atoms with E-state index in [1.165, 1.54) is 13.4 Å². The highest BCUT2D eigenvalue weighted by molar-refractivity contribution is 5.87. The number of furan rings is 1. The summed E-state index contributed by atoms with van der Waals surface area (Å²) in [5.41, 5.74) is 6.68. The van der Waals surface area contributed by atoms with E-state index in [0.717, 1.165) is 25.1 Å². The molecule has 1 aromatic heterocycles. The zero-order valence-corrected chi connectivity index (χ0v) is 9.31. The fourth-order valence-electron chi connectivity index (χ4n) is 1.98. The Morgan fingerprint density at radius 3 is 3.19 bits per heavy atom. The maximum Gasteiger partial charge on any atom is 0.374 e. The van der Waals surface area contributed by atoms with Crippen LogP contribution in [-0.4, -0.2) is 37.1 Å². The number of methoxy groups -OCH3 is 1. The third kappa shape index (κ3) is 2.25. The standard InChI is InChI=1S/C11H16N2O3/c1-15-11(14)10-8(3-5-16-10)6-13-4-2-9(12)7-13/h3,5,9H,2,4,6-7,12H2,1H3. The molecule has 5 nitrogen and oxygen atoms in total. The molecular weight excluding hydrogens is 208 g/mol. The van der Waals surface area contributed by atoms with Crippen LogP contribution in [0.5, 0.6) is 0 Å². The highest BCUT2D eigenvalue weighted by Gasteiger charge is 2.22. The minimum atomic E-state index is -0.427. The zero-order valence-electron chi connectivity index (χ0n) is 9.31. The Hall–Kier alpha value is -1.33. The molecule has 0 aromatic carbocycles. The molecule has 0 aliphatic carbocycles. The van der Waals surface area contributed by atoms with Crippen molar-refractivity contribution in [3.05, 3.63) is 23.7 Å². The molecule has 16 heavy (non-hydrogen) atoms. The zero-order chi connectivity index (χ0) is 11.5. The third-order valence-corrected chi connectivity index (χ3v) is 2.82. The third-order valence-electron chi connectivity index (χ3n) is 2.82. The summed E-state index contributed by atoms with van der Waals surface area (Å²) in [5, 5.41) is 0. The van der Waals surface area contributed by atoms with Gasteiger partial charge in [0.25, 0.3) is 0 Å². The van der Waals surface area contributed by atoms with Crippen LogP contribution in [0.25, 0.3) is 0 Å². The molecule has 0 amide bonds. The van der Waals surface area contributed by atoms with Gasteiger partial charge < -0.3 is 14.9 Å². The molecule has 0 saturated carbocycles. The summed E-state index contributed by atoms with van der Waals surface area (Å²) in [5.74, 6) is -0.133. The Bertz CT molecular complexity index is 375. The van der Waals surface area contributed by atoms with Crippen molar-refractivity contribution in [2.75, 3.05) is 20.2 Å². The van der Waals surface area contributed by atoms with Crippen LogP contribution in [0.15, 0.2) is 16.7 Å². The van der Waals surface area contributed by atoms with E-state index in [1.54, 1.807) is 6.07 Å². The predicted molar refractivity (Wildman–Crippen MR) is 57.9 cm³/mol. The first-order valence-corrected chi connectivity index (χ1v) is 5.33. The molecule has 1 saturated heterocycles. The van der Waals surface area contributed by atoms with Crippen LogP contribution in [0, 0.1) is 0 Å². The molecule has 1 fully saturated rings. The first kappa shape index (κ1) is 11.2. The molecular formula is C11H16N2O3. The monoisotopic (exact) mass is 224 g/mol. The number of esters is 1. The summed E-state index contributed by atoms with van der Waals surface area (Å²) >= 11 is 0. The highest BCUT2D eigenvalue weighted by atomic mass is 16.5. The van der Waals surface area contributed by atoms with Gasteiger partial charge >= 0.3 is 5.97 Å². The van der Waals surface area contributed by atoms with E-state index in [4.69, 9.17) is 10.2 Å². The molecule has 2 N–H and O–H groups in total. The van der Waals surface area contributed by atoms with Crippen LogP contribution in [0.4, 0.5) is 0 Å². The van der Waals surface area contributed by atoms with E-state index >= 15 is 0 Å². The number of nitrogens with two attached hydrogens (primary N) is 1. The van der Waals surface area contributed by atoms with E-state index < -0.39 is 5.97 Å². The van der Waals surface area contributed by atoms with Gasteiger partial charge in [0.15, 0.2) is 0 Å². The molecule has 1 unspecified atom stereocenters. The molecule has 2 rings (SSSR count). The maximum atomic E-state index is 11.4. The SMILES string of the molecule is COC(=O)c1occc1CN1CCC(N)C1. The van der Waals surface area contributed by atoms with Gasteiger partial charge in [-0.25, -0.2) is 4.79 Å². The Kier molecular flexibility index (Phi) is 3.26. The average Bonchev–Trinajstić information content (AvgIpc) is 2.87. The van der Waals surface area contributed by atoms with Crippen molar-refractivity contribution < 1.29 is 13.9 Å². The fourth-order valence-corrected chi connectivity index (χ4v) is 1.98. The molecule has 1 atom stereocenters. The number of carbonyl (C=O) groups is 1. The van der Waals surface area contributed by atoms with Gasteiger partial charge in [0.05, 0.1) is 13.4 Å². The lowest BCUT2D eigenvalue weighted by Crippen LogP contribution is -2.26. The van der Waals surface area contributed by atoms with Gasteiger partial charge in [-0.15, -0.1) is 0 Å². The second-order valence-corrected chi connectivity index (χ2v) is 4.05. The van der Waals surface area contributed by atoms with Crippen LogP contribution < -0.4 is 5.73 Å². The number of hydrogen-bond acceptors (Lipinski definition) is 5. The van der Waals surface area contributed by atoms with Crippen molar-refractivity contribution in [2.24, 2.45) is 5.73 Å². The minimum Gasteiger partial charge on any atom is -0.463 e. The quantitative estimate of drug-likeness (QED) is 0.761. The maximum absolute atomic E-state index is 11.4. The summed E-state index contributed by atoms with van der Waals surface area (Å²) in [4.78, 5) is 13.6. The van der Waals surface area contributed by atoms with E-state index in [-0.39, 0.29) is 6.04 Å². The van der Waals surface area contributed by atoms with Crippen molar-refractivity contribution in [2.45, 2.75) is 19.0 Å². The lowest BCUT2D eigenvalue weighted by Gasteiger charge is -2.14. The predicted octanol–water partition coefficient (Wildman–Crippen LogP) is 0.599. The van der Waals surface area contributed by atoms with Gasteiger partial charge in [0.1, 0.15) is 0 Å². The highest BCUT2D eigenvalue weighted by Crippen LogP contribution is 2.17. The topological polar surface area (TPSA) is 68.7 Å². The number of rotatable bonds is 3. The molecule has 0 bridgehead atoms. The van der Waals surface area contributed by atoms with E-state index in [2.05, 4.69) is 9.64 Å². The van der Waals surface area contributed by atoms with Crippen LogP contribution in [0.1, 0.15) is 22.5 Å². The van der Waals surface area contributed by atoms with Crippen LogP contribution >= 0.6 is 0 Å². The molecule has 5 heteroatoms. The Morgan fingerprint density at radius 2 is 2.56 bits per heavy atom. The first-order valence-electron chi connectivity index (χ1n) is 5.33. The normalized spacial score (nSPS) is 21.2. The fraction of sp³-hybridized carbons (Fsp3) is 0.545. The Morgan fingerprint density at radius 1 is 1.75 bits per heavy atom. The molecule has 88 valence electrons. The van der Waals surface area contributed by atoms with Crippen molar-refractivity contribution in [3.8, 4) is 0 Å². The van der Waals surface area contributed by atoms with Gasteiger partial charge in [-0.1, -0.05) is 0 Å². The van der Waals surface area contributed by atoms with E-state index in [1.807, 2.05) is 0 Å². The average molecular weight is 224 g/mol. The summed E-state index contributed by atoms with van der Waals surface area (Å²) in [6.45, 7) is 2.52. The lowest BCUT2D eigenvalue weighted by atomic mass is 10.2. The molecule has 1 aliphatic rings. The first-order chi connectivity index (χ1) is 7.70. The number of likely N-dealkylation sites (tertiary alicyclic amines) is 1. The van der Waals surface area contributed by atoms with Gasteiger partial charge in [-0.05, 0) is 12.5 Å². The summed E-state index contributed by atoms with van der Waals surface area (Å²) < 4.78 is 9.77. The smallest absolute Gasteiger partial charge is 0.374 e. The molecule has 1 aliphatic heterocycles. The number of ether oxygens (including phenoxy) is 1. The van der Waals surface area contributed by atoms with Gasteiger partial charge in [0, 0.05) is 31.2 Å². The molecule has 0 radical (unpaired) electrons. The van der Waals surface area contributed by atoms with E-state index in [0.29, 0.717) is 12.3 Å². The number of carbonyl (C=O) groups excluding carboxylic acids is 1. The second kappa shape index (κ2) is 4.67. The van der Waals surface area contributed by atoms with Gasteiger partial charge in [-0.3, -0.25) is 4.90 Å². The summed E-state index contributed by atoms with van der Waals surface area (Å²) in [6.07, 6.45) is 2.52. The van der Waals surface area contributed by atoms with E-state index in [9.17, 15) is 4.79 Å². The number of nitrogens with zero attached hydrogens (tertiary/aromatic N) is 1. The van der Waals surface area contributed by atoms with Crippen LogP contribution in [-0.2, 0) is 11.3 Å². The lowest BCUT2D eigenvalue weighted by molar-refractivity contribution is 0.0562. The molecule has 0 spiro atoms.